The first-order valence-electron chi connectivity index (χ1n) is 10.3. The molecule has 0 unspecified atom stereocenters. The van der Waals surface area contributed by atoms with Gasteiger partial charge in [0, 0.05) is 24.8 Å². The molecular weight excluding hydrogens is 403 g/mol. The van der Waals surface area contributed by atoms with Gasteiger partial charge in [-0.05, 0) is 68.0 Å². The highest BCUT2D eigenvalue weighted by Crippen LogP contribution is 2.45. The average molecular weight is 428 g/mol. The van der Waals surface area contributed by atoms with Crippen LogP contribution in [0.3, 0.4) is 0 Å². The van der Waals surface area contributed by atoms with Crippen molar-refractivity contribution in [2.45, 2.75) is 31.3 Å². The van der Waals surface area contributed by atoms with Crippen LogP contribution in [0.2, 0.25) is 0 Å². The summed E-state index contributed by atoms with van der Waals surface area (Å²) in [6.07, 6.45) is 3.23. The van der Waals surface area contributed by atoms with Gasteiger partial charge < -0.3 is 24.8 Å². The van der Waals surface area contributed by atoms with Crippen molar-refractivity contribution in [2.75, 3.05) is 25.5 Å². The molecule has 0 spiro atoms. The molecule has 2 aromatic carbocycles. The molecule has 2 aliphatic rings. The van der Waals surface area contributed by atoms with Crippen LogP contribution in [0.25, 0.3) is 0 Å². The molecule has 0 radical (unpaired) electrons. The summed E-state index contributed by atoms with van der Waals surface area (Å²) >= 11 is 0. The molecule has 2 amide bonds. The van der Waals surface area contributed by atoms with Crippen LogP contribution in [0.15, 0.2) is 42.5 Å². The number of likely N-dealkylation sites (tertiary alicyclic amines) is 1. The molecule has 0 atom stereocenters. The summed E-state index contributed by atoms with van der Waals surface area (Å²) in [5, 5.41) is 13.5. The Bertz CT molecular complexity index is 966. The average Bonchev–Trinajstić information content (AvgIpc) is 3.61. The van der Waals surface area contributed by atoms with Crippen molar-refractivity contribution in [3.05, 3.63) is 53.8 Å². The van der Waals surface area contributed by atoms with Gasteiger partial charge in [0.25, 0.3) is 0 Å². The van der Waals surface area contributed by atoms with E-state index in [-0.39, 0.29) is 11.6 Å². The van der Waals surface area contributed by atoms with Crippen molar-refractivity contribution >= 4 is 17.7 Å². The highest BCUT2D eigenvalue weighted by atomic mass is 19.1. The molecule has 1 aliphatic carbocycles. The first-order valence-corrected chi connectivity index (χ1v) is 10.3. The number of piperidine rings is 1. The molecular formula is C23H25FN2O5. The number of hydrogen-bond acceptors (Lipinski definition) is 5. The van der Waals surface area contributed by atoms with Crippen LogP contribution in [0.1, 0.15) is 36.0 Å². The van der Waals surface area contributed by atoms with Gasteiger partial charge in [-0.1, -0.05) is 0 Å². The number of ether oxygens (including phenoxy) is 2. The van der Waals surface area contributed by atoms with E-state index in [0.29, 0.717) is 49.0 Å². The number of amides is 2. The number of esters is 1. The molecule has 31 heavy (non-hydrogen) atoms. The second kappa shape index (κ2) is 8.55. The number of halogens is 1. The highest BCUT2D eigenvalue weighted by molar-refractivity contribution is 5.94. The summed E-state index contributed by atoms with van der Waals surface area (Å²) in [5.74, 6) is 0.0783. The SMILES string of the molecule is COC(=O)c1cc(NC(=O)N2CCC(O)(C3CC3)CC2)cc(Oc2ccc(F)cc2)c1. The van der Waals surface area contributed by atoms with Gasteiger partial charge in [-0.25, -0.2) is 14.0 Å². The number of anilines is 1. The standard InChI is InChI=1S/C23H25FN2O5/c1-30-21(27)15-12-18(14-20(13-15)31-19-6-4-17(24)5-7-19)25-22(28)26-10-8-23(29,9-11-26)16-2-3-16/h4-7,12-14,16,29H,2-3,8-11H2,1H3,(H,25,28). The Kier molecular flexibility index (Phi) is 5.82. The molecule has 4 rings (SSSR count). The molecule has 1 saturated heterocycles. The van der Waals surface area contributed by atoms with Crippen LogP contribution in [0, 0.1) is 11.7 Å². The van der Waals surface area contributed by atoms with E-state index in [1.807, 2.05) is 0 Å². The zero-order valence-electron chi connectivity index (χ0n) is 17.3. The summed E-state index contributed by atoms with van der Waals surface area (Å²) in [7, 11) is 1.27. The van der Waals surface area contributed by atoms with Gasteiger partial charge in [0.15, 0.2) is 0 Å². The van der Waals surface area contributed by atoms with Crippen LogP contribution < -0.4 is 10.1 Å². The quantitative estimate of drug-likeness (QED) is 0.698. The predicted molar refractivity (Wildman–Crippen MR) is 112 cm³/mol. The minimum absolute atomic E-state index is 0.208. The summed E-state index contributed by atoms with van der Waals surface area (Å²) in [5.41, 5.74) is -0.0789. The van der Waals surface area contributed by atoms with E-state index in [9.17, 15) is 19.1 Å². The maximum Gasteiger partial charge on any atom is 0.338 e. The van der Waals surface area contributed by atoms with E-state index in [1.54, 1.807) is 11.0 Å². The number of benzene rings is 2. The lowest BCUT2D eigenvalue weighted by Crippen LogP contribution is -2.49. The van der Waals surface area contributed by atoms with Gasteiger partial charge in [0.2, 0.25) is 0 Å². The fourth-order valence-electron chi connectivity index (χ4n) is 3.93. The third kappa shape index (κ3) is 4.96. The van der Waals surface area contributed by atoms with Crippen molar-refractivity contribution in [3.63, 3.8) is 0 Å². The largest absolute Gasteiger partial charge is 0.465 e. The molecule has 2 aromatic rings. The molecule has 0 bridgehead atoms. The van der Waals surface area contributed by atoms with Crippen molar-refractivity contribution in [3.8, 4) is 11.5 Å². The fraction of sp³-hybridized carbons (Fsp3) is 0.391. The van der Waals surface area contributed by atoms with Gasteiger partial charge >= 0.3 is 12.0 Å². The van der Waals surface area contributed by atoms with Gasteiger partial charge in [0.1, 0.15) is 17.3 Å². The molecule has 7 nitrogen and oxygen atoms in total. The number of methoxy groups -OCH3 is 1. The van der Waals surface area contributed by atoms with Gasteiger partial charge in [-0.2, -0.15) is 0 Å². The van der Waals surface area contributed by atoms with Gasteiger partial charge in [0.05, 0.1) is 18.3 Å². The predicted octanol–water partition coefficient (Wildman–Crippen LogP) is 4.17. The summed E-state index contributed by atoms with van der Waals surface area (Å²) < 4.78 is 23.7. The Labute approximate surface area is 179 Å². The molecule has 0 aromatic heterocycles. The van der Waals surface area contributed by atoms with Crippen molar-refractivity contribution in [2.24, 2.45) is 5.92 Å². The van der Waals surface area contributed by atoms with E-state index in [0.717, 1.165) is 12.8 Å². The number of carbonyl (C=O) groups excluding carboxylic acids is 2. The first kappa shape index (κ1) is 21.1. The van der Waals surface area contributed by atoms with Crippen LogP contribution in [0.5, 0.6) is 11.5 Å². The van der Waals surface area contributed by atoms with E-state index >= 15 is 0 Å². The fourth-order valence-corrected chi connectivity index (χ4v) is 3.93. The Hall–Kier alpha value is -3.13. The molecule has 1 aliphatic heterocycles. The third-order valence-electron chi connectivity index (χ3n) is 5.88. The number of rotatable bonds is 5. The summed E-state index contributed by atoms with van der Waals surface area (Å²) in [6, 6.07) is 9.72. The summed E-state index contributed by atoms with van der Waals surface area (Å²) in [4.78, 5) is 26.5. The molecule has 2 fully saturated rings. The molecule has 1 heterocycles. The Balaban J connectivity index is 1.48. The lowest BCUT2D eigenvalue weighted by atomic mass is 9.87. The van der Waals surface area contributed by atoms with Crippen LogP contribution in [-0.2, 0) is 4.74 Å². The van der Waals surface area contributed by atoms with Crippen molar-refractivity contribution < 1.29 is 28.6 Å². The minimum atomic E-state index is -0.655. The normalized spacial score (nSPS) is 17.7. The topological polar surface area (TPSA) is 88.1 Å². The van der Waals surface area contributed by atoms with Crippen molar-refractivity contribution in [1.82, 2.24) is 4.90 Å². The highest BCUT2D eigenvalue weighted by Gasteiger charge is 2.45. The van der Waals surface area contributed by atoms with Gasteiger partial charge in [-0.15, -0.1) is 0 Å². The number of carbonyl (C=O) groups is 2. The molecule has 2 N–H and O–H groups in total. The monoisotopic (exact) mass is 428 g/mol. The first-order chi connectivity index (χ1) is 14.9. The number of nitrogens with zero attached hydrogens (tertiary/aromatic N) is 1. The van der Waals surface area contributed by atoms with E-state index in [1.165, 1.54) is 43.5 Å². The van der Waals surface area contributed by atoms with E-state index in [2.05, 4.69) is 5.32 Å². The zero-order chi connectivity index (χ0) is 22.0. The third-order valence-corrected chi connectivity index (χ3v) is 5.88. The van der Waals surface area contributed by atoms with Crippen LogP contribution in [-0.4, -0.2) is 47.8 Å². The number of hydrogen-bond donors (Lipinski definition) is 2. The number of nitrogens with one attached hydrogen (secondary N) is 1. The second-order valence-electron chi connectivity index (χ2n) is 8.09. The molecule has 8 heteroatoms. The number of aliphatic hydroxyl groups is 1. The Morgan fingerprint density at radius 3 is 2.39 bits per heavy atom. The zero-order valence-corrected chi connectivity index (χ0v) is 17.3. The smallest absolute Gasteiger partial charge is 0.338 e. The van der Waals surface area contributed by atoms with Crippen LogP contribution in [0.4, 0.5) is 14.9 Å². The molecule has 164 valence electrons. The minimum Gasteiger partial charge on any atom is -0.465 e. The van der Waals surface area contributed by atoms with E-state index < -0.39 is 17.4 Å². The van der Waals surface area contributed by atoms with Crippen molar-refractivity contribution in [1.29, 1.82) is 0 Å². The lowest BCUT2D eigenvalue weighted by molar-refractivity contribution is -0.0297. The van der Waals surface area contributed by atoms with E-state index in [4.69, 9.17) is 9.47 Å². The maximum absolute atomic E-state index is 13.1. The lowest BCUT2D eigenvalue weighted by Gasteiger charge is -2.38. The maximum atomic E-state index is 13.1. The van der Waals surface area contributed by atoms with Gasteiger partial charge in [-0.3, -0.25) is 0 Å². The molecule has 1 saturated carbocycles. The second-order valence-corrected chi connectivity index (χ2v) is 8.09. The Morgan fingerprint density at radius 2 is 1.77 bits per heavy atom. The van der Waals surface area contributed by atoms with Crippen LogP contribution >= 0.6 is 0 Å². The summed E-state index contributed by atoms with van der Waals surface area (Å²) in [6.45, 7) is 0.933. The number of urea groups is 1. The Morgan fingerprint density at radius 1 is 1.10 bits per heavy atom.